The van der Waals surface area contributed by atoms with E-state index in [1.165, 1.54) is 32.7 Å². The van der Waals surface area contributed by atoms with Gasteiger partial charge in [0.25, 0.3) is 0 Å². The standard InChI is InChI=1S/C20H19ClN2O4S/c1-25-16-8-12(9-17(26-2)19(16)27-3)10-18(24)23-20-22-15(11-28-20)13-6-4-5-7-14(13)21/h4-9,11H,10H2,1-3H3,(H,22,23,24). The number of aromatic nitrogens is 1. The molecule has 1 heterocycles. The monoisotopic (exact) mass is 418 g/mol. The second-order valence-corrected chi connectivity index (χ2v) is 7.04. The first-order chi connectivity index (χ1) is 13.5. The Balaban J connectivity index is 1.74. The van der Waals surface area contributed by atoms with Gasteiger partial charge in [-0.15, -0.1) is 11.3 Å². The molecule has 1 aromatic heterocycles. The smallest absolute Gasteiger partial charge is 0.230 e. The van der Waals surface area contributed by atoms with Gasteiger partial charge in [-0.05, 0) is 23.8 Å². The van der Waals surface area contributed by atoms with Gasteiger partial charge in [0.2, 0.25) is 11.7 Å². The Morgan fingerprint density at radius 2 is 1.79 bits per heavy atom. The van der Waals surface area contributed by atoms with E-state index in [1.807, 2.05) is 23.6 Å². The lowest BCUT2D eigenvalue weighted by Gasteiger charge is -2.13. The Morgan fingerprint density at radius 1 is 1.11 bits per heavy atom. The highest BCUT2D eigenvalue weighted by Crippen LogP contribution is 2.38. The summed E-state index contributed by atoms with van der Waals surface area (Å²) in [6.45, 7) is 0. The lowest BCUT2D eigenvalue weighted by molar-refractivity contribution is -0.115. The molecule has 1 amide bonds. The molecule has 1 N–H and O–H groups in total. The van der Waals surface area contributed by atoms with Crippen LogP contribution >= 0.6 is 22.9 Å². The van der Waals surface area contributed by atoms with E-state index in [0.717, 1.165) is 16.8 Å². The predicted octanol–water partition coefficient (Wildman–Crippen LogP) is 4.67. The molecular formula is C20H19ClN2O4S. The fraction of sp³-hybridized carbons (Fsp3) is 0.200. The Labute approximate surface area is 172 Å². The summed E-state index contributed by atoms with van der Waals surface area (Å²) in [5.74, 6) is 1.28. The fourth-order valence-corrected chi connectivity index (χ4v) is 3.67. The molecule has 146 valence electrons. The molecule has 0 aliphatic rings. The van der Waals surface area contributed by atoms with Gasteiger partial charge in [0, 0.05) is 16.0 Å². The lowest BCUT2D eigenvalue weighted by Crippen LogP contribution is -2.14. The molecule has 3 rings (SSSR count). The maximum atomic E-state index is 12.5. The normalized spacial score (nSPS) is 10.4. The Morgan fingerprint density at radius 3 is 2.39 bits per heavy atom. The van der Waals surface area contributed by atoms with Gasteiger partial charge >= 0.3 is 0 Å². The van der Waals surface area contributed by atoms with E-state index in [4.69, 9.17) is 25.8 Å². The summed E-state index contributed by atoms with van der Waals surface area (Å²) in [7, 11) is 4.60. The van der Waals surface area contributed by atoms with Crippen molar-refractivity contribution in [2.75, 3.05) is 26.6 Å². The third-order valence-electron chi connectivity index (χ3n) is 3.99. The Hall–Kier alpha value is -2.77. The lowest BCUT2D eigenvalue weighted by atomic mass is 10.1. The zero-order valence-electron chi connectivity index (χ0n) is 15.6. The summed E-state index contributed by atoms with van der Waals surface area (Å²) in [4.78, 5) is 16.9. The molecule has 0 spiro atoms. The van der Waals surface area contributed by atoms with Crippen molar-refractivity contribution >= 4 is 34.0 Å². The van der Waals surface area contributed by atoms with Crippen LogP contribution in [0.1, 0.15) is 5.56 Å². The van der Waals surface area contributed by atoms with Crippen molar-refractivity contribution in [3.05, 3.63) is 52.4 Å². The number of rotatable bonds is 7. The zero-order chi connectivity index (χ0) is 20.1. The van der Waals surface area contributed by atoms with Crippen LogP contribution in [0.4, 0.5) is 5.13 Å². The number of amides is 1. The molecule has 2 aromatic carbocycles. The van der Waals surface area contributed by atoms with Gasteiger partial charge in [-0.1, -0.05) is 29.8 Å². The average Bonchev–Trinajstić information content (AvgIpc) is 3.15. The van der Waals surface area contributed by atoms with Crippen LogP contribution in [0.2, 0.25) is 5.02 Å². The van der Waals surface area contributed by atoms with E-state index in [1.54, 1.807) is 18.2 Å². The summed E-state index contributed by atoms with van der Waals surface area (Å²) in [6.07, 6.45) is 0.137. The highest BCUT2D eigenvalue weighted by Gasteiger charge is 2.16. The van der Waals surface area contributed by atoms with Crippen LogP contribution in [-0.4, -0.2) is 32.2 Å². The molecule has 0 saturated heterocycles. The number of carbonyl (C=O) groups excluding carboxylic acids is 1. The highest BCUT2D eigenvalue weighted by molar-refractivity contribution is 7.14. The molecule has 0 bridgehead atoms. The molecular weight excluding hydrogens is 400 g/mol. The number of carbonyl (C=O) groups is 1. The number of ether oxygens (including phenoxy) is 3. The first kappa shape index (κ1) is 20.0. The molecule has 0 fully saturated rings. The van der Waals surface area contributed by atoms with Gasteiger partial charge in [0.15, 0.2) is 16.6 Å². The van der Waals surface area contributed by atoms with Gasteiger partial charge < -0.3 is 19.5 Å². The fourth-order valence-electron chi connectivity index (χ4n) is 2.71. The third kappa shape index (κ3) is 4.37. The summed E-state index contributed by atoms with van der Waals surface area (Å²) in [5, 5.41) is 5.79. The number of hydrogen-bond donors (Lipinski definition) is 1. The van der Waals surface area contributed by atoms with E-state index in [2.05, 4.69) is 10.3 Å². The molecule has 28 heavy (non-hydrogen) atoms. The maximum absolute atomic E-state index is 12.5. The number of halogens is 1. The van der Waals surface area contributed by atoms with Crippen molar-refractivity contribution in [1.29, 1.82) is 0 Å². The minimum atomic E-state index is -0.200. The van der Waals surface area contributed by atoms with E-state index in [9.17, 15) is 4.79 Å². The van der Waals surface area contributed by atoms with Crippen LogP contribution in [0, 0.1) is 0 Å². The number of benzene rings is 2. The van der Waals surface area contributed by atoms with E-state index in [-0.39, 0.29) is 12.3 Å². The Bertz CT molecular complexity index is 965. The largest absolute Gasteiger partial charge is 0.493 e. The van der Waals surface area contributed by atoms with Gasteiger partial charge in [-0.3, -0.25) is 4.79 Å². The second-order valence-electron chi connectivity index (χ2n) is 5.78. The molecule has 0 radical (unpaired) electrons. The topological polar surface area (TPSA) is 69.7 Å². The molecule has 8 heteroatoms. The minimum Gasteiger partial charge on any atom is -0.493 e. The predicted molar refractivity (Wildman–Crippen MR) is 111 cm³/mol. The summed E-state index contributed by atoms with van der Waals surface area (Å²) in [5.41, 5.74) is 2.28. The zero-order valence-corrected chi connectivity index (χ0v) is 17.2. The van der Waals surface area contributed by atoms with E-state index >= 15 is 0 Å². The van der Waals surface area contributed by atoms with Crippen LogP contribution < -0.4 is 19.5 Å². The van der Waals surface area contributed by atoms with E-state index in [0.29, 0.717) is 27.4 Å². The van der Waals surface area contributed by atoms with Crippen molar-refractivity contribution in [2.45, 2.75) is 6.42 Å². The van der Waals surface area contributed by atoms with Crippen molar-refractivity contribution < 1.29 is 19.0 Å². The number of anilines is 1. The average molecular weight is 419 g/mol. The maximum Gasteiger partial charge on any atom is 0.230 e. The minimum absolute atomic E-state index is 0.137. The second kappa shape index (κ2) is 8.95. The molecule has 6 nitrogen and oxygen atoms in total. The SMILES string of the molecule is COc1cc(CC(=O)Nc2nc(-c3ccccc3Cl)cs2)cc(OC)c1OC. The van der Waals surface area contributed by atoms with Crippen LogP contribution in [0.5, 0.6) is 17.2 Å². The summed E-state index contributed by atoms with van der Waals surface area (Å²) < 4.78 is 15.9. The highest BCUT2D eigenvalue weighted by atomic mass is 35.5. The molecule has 0 unspecified atom stereocenters. The van der Waals surface area contributed by atoms with Gasteiger partial charge in [0.05, 0.1) is 33.4 Å². The van der Waals surface area contributed by atoms with Crippen molar-refractivity contribution in [3.63, 3.8) is 0 Å². The van der Waals surface area contributed by atoms with Crippen molar-refractivity contribution in [1.82, 2.24) is 4.98 Å². The molecule has 0 aliphatic carbocycles. The van der Waals surface area contributed by atoms with Crippen molar-refractivity contribution in [2.24, 2.45) is 0 Å². The van der Waals surface area contributed by atoms with Crippen LogP contribution in [0.3, 0.4) is 0 Å². The van der Waals surface area contributed by atoms with Gasteiger partial charge in [-0.25, -0.2) is 4.98 Å². The summed E-state index contributed by atoms with van der Waals surface area (Å²) in [6, 6.07) is 10.9. The van der Waals surface area contributed by atoms with Gasteiger partial charge in [-0.2, -0.15) is 0 Å². The number of hydrogen-bond acceptors (Lipinski definition) is 6. The van der Waals surface area contributed by atoms with Gasteiger partial charge in [0.1, 0.15) is 0 Å². The number of nitrogens with zero attached hydrogens (tertiary/aromatic N) is 1. The third-order valence-corrected chi connectivity index (χ3v) is 5.08. The van der Waals surface area contributed by atoms with Crippen LogP contribution in [0.15, 0.2) is 41.8 Å². The first-order valence-electron chi connectivity index (χ1n) is 8.35. The quantitative estimate of drug-likeness (QED) is 0.603. The first-order valence-corrected chi connectivity index (χ1v) is 9.60. The number of nitrogens with one attached hydrogen (secondary N) is 1. The number of methoxy groups -OCH3 is 3. The molecule has 0 aliphatic heterocycles. The molecule has 3 aromatic rings. The van der Waals surface area contributed by atoms with Crippen LogP contribution in [0.25, 0.3) is 11.3 Å². The molecule has 0 saturated carbocycles. The Kier molecular flexibility index (Phi) is 6.38. The summed E-state index contributed by atoms with van der Waals surface area (Å²) >= 11 is 7.55. The number of thiazole rings is 1. The van der Waals surface area contributed by atoms with E-state index < -0.39 is 0 Å². The van der Waals surface area contributed by atoms with Crippen molar-refractivity contribution in [3.8, 4) is 28.5 Å². The molecule has 0 atom stereocenters. The van der Waals surface area contributed by atoms with Crippen LogP contribution in [-0.2, 0) is 11.2 Å².